The first-order valence-corrected chi connectivity index (χ1v) is 22.9. The van der Waals surface area contributed by atoms with Crippen LogP contribution >= 0.6 is 0 Å². The smallest absolute Gasteiger partial charge is 0.193 e. The van der Waals surface area contributed by atoms with E-state index in [0.29, 0.717) is 16.9 Å². The first-order valence-electron chi connectivity index (χ1n) is 22.9. The van der Waals surface area contributed by atoms with E-state index < -0.39 is 0 Å². The van der Waals surface area contributed by atoms with Crippen molar-refractivity contribution in [1.29, 1.82) is 0 Å². The maximum Gasteiger partial charge on any atom is 0.193 e. The Morgan fingerprint density at radius 2 is 1.02 bits per heavy atom. The van der Waals surface area contributed by atoms with Gasteiger partial charge in [0, 0.05) is 34.1 Å². The molecule has 0 aromatic heterocycles. The minimum Gasteiger partial charge on any atom is -0.488 e. The highest BCUT2D eigenvalue weighted by molar-refractivity contribution is 6.09. The molecule has 0 aliphatic rings. The number of para-hydroxylation sites is 1. The fourth-order valence-corrected chi connectivity index (χ4v) is 8.65. The molecule has 0 amide bonds. The van der Waals surface area contributed by atoms with Gasteiger partial charge in [0.05, 0.1) is 0 Å². The third-order valence-electron chi connectivity index (χ3n) is 12.5. The molecule has 0 bridgehead atoms. The number of ketones is 1. The van der Waals surface area contributed by atoms with Crippen LogP contribution in [0.2, 0.25) is 0 Å². The van der Waals surface area contributed by atoms with Gasteiger partial charge in [-0.2, -0.15) is 0 Å². The first kappa shape index (κ1) is 44.7. The molecule has 0 fully saturated rings. The summed E-state index contributed by atoms with van der Waals surface area (Å²) in [7, 11) is 0. The summed E-state index contributed by atoms with van der Waals surface area (Å²) in [6.45, 7) is 13.3. The predicted octanol–water partition coefficient (Wildman–Crippen LogP) is 16.4. The number of ether oxygens (including phenoxy) is 2. The van der Waals surface area contributed by atoms with Crippen LogP contribution in [0.25, 0.3) is 0 Å². The highest BCUT2D eigenvalue weighted by atomic mass is 16.5. The molecule has 2 unspecified atom stereocenters. The van der Waals surface area contributed by atoms with E-state index in [1.807, 2.05) is 48.5 Å². The monoisotopic (exact) mass is 833 g/mol. The quantitative estimate of drug-likeness (QED) is 0.0717. The van der Waals surface area contributed by atoms with Crippen LogP contribution in [0.1, 0.15) is 124 Å². The van der Waals surface area contributed by atoms with Gasteiger partial charge < -0.3 is 14.4 Å². The second kappa shape index (κ2) is 20.7. The SMILES string of the molecule is CCCCC(C)(CC)c1ccc(C(=O)c2ccc(Oc3ccc(C(Cc4ccc(N(c5ccccc5)c5ccc(OC(C)(C)CCC)cc5)cc4)c4ccccc4)cc3)cc2)cc1. The van der Waals surface area contributed by atoms with Gasteiger partial charge >= 0.3 is 0 Å². The number of benzene rings is 7. The zero-order valence-electron chi connectivity index (χ0n) is 38.0. The van der Waals surface area contributed by atoms with E-state index in [2.05, 4.69) is 180 Å². The van der Waals surface area contributed by atoms with Crippen molar-refractivity contribution >= 4 is 22.8 Å². The number of carbonyl (C=O) groups excluding carboxylic acids is 1. The van der Waals surface area contributed by atoms with Crippen LogP contribution in [0.3, 0.4) is 0 Å². The Kier molecular flexibility index (Phi) is 14.6. The van der Waals surface area contributed by atoms with Crippen LogP contribution in [0.15, 0.2) is 182 Å². The lowest BCUT2D eigenvalue weighted by Crippen LogP contribution is -2.27. The van der Waals surface area contributed by atoms with Gasteiger partial charge in [-0.05, 0) is 152 Å². The minimum absolute atomic E-state index is 0.0157. The van der Waals surface area contributed by atoms with Crippen LogP contribution in [0.4, 0.5) is 17.1 Å². The van der Waals surface area contributed by atoms with Crippen molar-refractivity contribution in [2.45, 2.75) is 103 Å². The lowest BCUT2D eigenvalue weighted by atomic mass is 9.76. The van der Waals surface area contributed by atoms with Crippen LogP contribution in [-0.4, -0.2) is 11.4 Å². The minimum atomic E-state index is -0.213. The van der Waals surface area contributed by atoms with Gasteiger partial charge in [0.25, 0.3) is 0 Å². The Morgan fingerprint density at radius 1 is 0.524 bits per heavy atom. The normalized spacial score (nSPS) is 12.9. The maximum absolute atomic E-state index is 13.4. The Labute approximate surface area is 376 Å². The lowest BCUT2D eigenvalue weighted by molar-refractivity contribution is 0.0985. The predicted molar refractivity (Wildman–Crippen MR) is 263 cm³/mol. The van der Waals surface area contributed by atoms with E-state index in [1.165, 1.54) is 35.1 Å². The molecule has 0 aliphatic heterocycles. The summed E-state index contributed by atoms with van der Waals surface area (Å²) >= 11 is 0. The van der Waals surface area contributed by atoms with Gasteiger partial charge in [-0.25, -0.2) is 0 Å². The van der Waals surface area contributed by atoms with Crippen LogP contribution in [0.5, 0.6) is 17.2 Å². The largest absolute Gasteiger partial charge is 0.488 e. The van der Waals surface area contributed by atoms with Gasteiger partial charge in [-0.15, -0.1) is 0 Å². The Bertz CT molecular complexity index is 2480. The summed E-state index contributed by atoms with van der Waals surface area (Å²) in [5.74, 6) is 2.48. The first-order chi connectivity index (χ1) is 30.6. The number of unbranched alkanes of at least 4 members (excludes halogenated alkanes) is 1. The van der Waals surface area contributed by atoms with Crippen LogP contribution < -0.4 is 14.4 Å². The Hall–Kier alpha value is -6.39. The average molecular weight is 834 g/mol. The van der Waals surface area contributed by atoms with Gasteiger partial charge in [0.1, 0.15) is 22.8 Å². The molecule has 0 saturated heterocycles. The van der Waals surface area contributed by atoms with Crippen LogP contribution in [0, 0.1) is 0 Å². The van der Waals surface area contributed by atoms with Crippen molar-refractivity contribution in [3.8, 4) is 17.2 Å². The summed E-state index contributed by atoms with van der Waals surface area (Å²) in [4.78, 5) is 15.7. The summed E-state index contributed by atoms with van der Waals surface area (Å²) < 4.78 is 12.7. The highest BCUT2D eigenvalue weighted by Gasteiger charge is 2.25. The van der Waals surface area contributed by atoms with Crippen molar-refractivity contribution < 1.29 is 14.3 Å². The molecule has 7 aromatic rings. The molecular weight excluding hydrogens is 771 g/mol. The summed E-state index contributed by atoms with van der Waals surface area (Å²) in [5.41, 5.74) is 9.55. The molecule has 0 N–H and O–H groups in total. The van der Waals surface area contributed by atoms with E-state index in [4.69, 9.17) is 9.47 Å². The van der Waals surface area contributed by atoms with Crippen LogP contribution in [-0.2, 0) is 11.8 Å². The lowest BCUT2D eigenvalue weighted by Gasteiger charge is -2.29. The second-order valence-electron chi connectivity index (χ2n) is 17.7. The molecule has 63 heavy (non-hydrogen) atoms. The molecule has 0 radical (unpaired) electrons. The van der Waals surface area contributed by atoms with Crippen molar-refractivity contribution in [1.82, 2.24) is 0 Å². The standard InChI is InChI=1S/C59H63NO3/c1-7-10-42-59(6,9-3)49-29-23-47(24-30-49)57(61)48-27-37-54(38-28-48)62-53-35-25-46(26-36-53)56(45-17-13-11-14-18-45)43-44-21-31-51(32-22-44)60(50-19-15-12-16-20-50)52-33-39-55(40-34-52)63-58(4,5)41-8-2/h11-40,56H,7-10,41-43H2,1-6H3. The molecule has 322 valence electrons. The number of hydrogen-bond donors (Lipinski definition) is 0. The van der Waals surface area contributed by atoms with Gasteiger partial charge in [-0.1, -0.05) is 144 Å². The summed E-state index contributed by atoms with van der Waals surface area (Å²) in [5, 5.41) is 0. The highest BCUT2D eigenvalue weighted by Crippen LogP contribution is 2.38. The zero-order chi connectivity index (χ0) is 44.2. The molecule has 7 rings (SSSR count). The third kappa shape index (κ3) is 11.4. The van der Waals surface area contributed by atoms with Crippen molar-refractivity contribution in [3.05, 3.63) is 215 Å². The fourth-order valence-electron chi connectivity index (χ4n) is 8.65. The Morgan fingerprint density at radius 3 is 1.57 bits per heavy atom. The zero-order valence-corrected chi connectivity index (χ0v) is 38.0. The van der Waals surface area contributed by atoms with E-state index in [9.17, 15) is 4.79 Å². The summed E-state index contributed by atoms with van der Waals surface area (Å²) in [6, 6.07) is 62.7. The summed E-state index contributed by atoms with van der Waals surface area (Å²) in [6.07, 6.45) is 7.53. The topological polar surface area (TPSA) is 38.8 Å². The number of nitrogens with zero attached hydrogens (tertiary/aromatic N) is 1. The van der Waals surface area contributed by atoms with Crippen molar-refractivity contribution in [3.63, 3.8) is 0 Å². The maximum atomic E-state index is 13.4. The number of anilines is 3. The molecule has 0 heterocycles. The van der Waals surface area contributed by atoms with Gasteiger partial charge in [-0.3, -0.25) is 4.79 Å². The van der Waals surface area contributed by atoms with E-state index in [1.54, 1.807) is 0 Å². The molecular formula is C59H63NO3. The average Bonchev–Trinajstić information content (AvgIpc) is 3.32. The molecule has 0 aliphatic carbocycles. The van der Waals surface area contributed by atoms with Gasteiger partial charge in [0.2, 0.25) is 0 Å². The number of carbonyl (C=O) groups is 1. The van der Waals surface area contributed by atoms with E-state index in [0.717, 1.165) is 60.7 Å². The molecule has 4 nitrogen and oxygen atoms in total. The molecule has 0 spiro atoms. The number of hydrogen-bond acceptors (Lipinski definition) is 4. The molecule has 7 aromatic carbocycles. The van der Waals surface area contributed by atoms with Gasteiger partial charge in [0.15, 0.2) is 5.78 Å². The van der Waals surface area contributed by atoms with E-state index >= 15 is 0 Å². The van der Waals surface area contributed by atoms with Crippen molar-refractivity contribution in [2.24, 2.45) is 0 Å². The Balaban J connectivity index is 1.04. The second-order valence-corrected chi connectivity index (χ2v) is 17.7. The fraction of sp³-hybridized carbons (Fsp3) is 0.271. The number of rotatable bonds is 20. The molecule has 4 heteroatoms. The molecule has 2 atom stereocenters. The van der Waals surface area contributed by atoms with E-state index in [-0.39, 0.29) is 22.7 Å². The third-order valence-corrected chi connectivity index (χ3v) is 12.5. The molecule has 0 saturated carbocycles. The van der Waals surface area contributed by atoms with Crippen molar-refractivity contribution in [2.75, 3.05) is 4.90 Å².